The maximum Gasteiger partial charge on any atom is 0.326 e. The van der Waals surface area contributed by atoms with Crippen LogP contribution in [0.1, 0.15) is 33.1 Å². The number of carbonyl (C=O) groups is 2. The van der Waals surface area contributed by atoms with Crippen LogP contribution in [0.15, 0.2) is 0 Å². The molecule has 0 aromatic rings. The number of nitrogens with one attached hydrogen (secondary N) is 1. The standard InChI is InChI=1S/C12H24N2O4/c1-9(2)10(11(16)17)13-12(18)14(3)7-5-4-6-8-15/h9-10,15H,4-8H2,1-3H3,(H,13,18)(H,16,17)/t10-/m0/s1. The molecule has 0 aliphatic rings. The summed E-state index contributed by atoms with van der Waals surface area (Å²) in [5.74, 6) is -1.18. The van der Waals surface area contributed by atoms with Gasteiger partial charge in [-0.25, -0.2) is 9.59 Å². The zero-order valence-corrected chi connectivity index (χ0v) is 11.3. The van der Waals surface area contributed by atoms with E-state index in [-0.39, 0.29) is 18.6 Å². The van der Waals surface area contributed by atoms with Gasteiger partial charge in [-0.05, 0) is 25.2 Å². The average Bonchev–Trinajstić information content (AvgIpc) is 2.30. The van der Waals surface area contributed by atoms with Crippen molar-refractivity contribution in [3.05, 3.63) is 0 Å². The molecular formula is C12H24N2O4. The van der Waals surface area contributed by atoms with Crippen molar-refractivity contribution in [1.29, 1.82) is 0 Å². The molecule has 0 aliphatic heterocycles. The van der Waals surface area contributed by atoms with Gasteiger partial charge in [0.05, 0.1) is 0 Å². The number of hydrogen-bond acceptors (Lipinski definition) is 3. The molecule has 0 saturated heterocycles. The molecule has 3 N–H and O–H groups in total. The van der Waals surface area contributed by atoms with Gasteiger partial charge in [0.1, 0.15) is 6.04 Å². The highest BCUT2D eigenvalue weighted by atomic mass is 16.4. The zero-order valence-electron chi connectivity index (χ0n) is 11.3. The van der Waals surface area contributed by atoms with Crippen molar-refractivity contribution in [2.75, 3.05) is 20.2 Å². The smallest absolute Gasteiger partial charge is 0.326 e. The summed E-state index contributed by atoms with van der Waals surface area (Å²) in [6.45, 7) is 4.21. The lowest BCUT2D eigenvalue weighted by atomic mass is 10.1. The molecule has 0 aromatic carbocycles. The van der Waals surface area contributed by atoms with Gasteiger partial charge in [0.25, 0.3) is 0 Å². The van der Waals surface area contributed by atoms with Gasteiger partial charge in [0, 0.05) is 20.2 Å². The first-order valence-corrected chi connectivity index (χ1v) is 6.25. The lowest BCUT2D eigenvalue weighted by molar-refractivity contribution is -0.140. The quantitative estimate of drug-likeness (QED) is 0.566. The predicted octanol–water partition coefficient (Wildman–Crippen LogP) is 0.900. The van der Waals surface area contributed by atoms with Crippen molar-refractivity contribution < 1.29 is 19.8 Å². The van der Waals surface area contributed by atoms with E-state index in [1.165, 1.54) is 4.90 Å². The van der Waals surface area contributed by atoms with Crippen molar-refractivity contribution in [3.63, 3.8) is 0 Å². The van der Waals surface area contributed by atoms with Gasteiger partial charge in [-0.1, -0.05) is 13.8 Å². The topological polar surface area (TPSA) is 89.9 Å². The molecule has 6 heteroatoms. The molecule has 6 nitrogen and oxygen atoms in total. The molecule has 2 amide bonds. The van der Waals surface area contributed by atoms with Crippen LogP contribution in [0.25, 0.3) is 0 Å². The van der Waals surface area contributed by atoms with Gasteiger partial charge in [0.15, 0.2) is 0 Å². The summed E-state index contributed by atoms with van der Waals surface area (Å²) in [7, 11) is 1.63. The number of urea groups is 1. The first-order chi connectivity index (χ1) is 8.40. The second-order valence-electron chi connectivity index (χ2n) is 4.72. The van der Waals surface area contributed by atoms with Gasteiger partial charge >= 0.3 is 12.0 Å². The van der Waals surface area contributed by atoms with E-state index in [1.54, 1.807) is 20.9 Å². The van der Waals surface area contributed by atoms with Crippen LogP contribution in [-0.2, 0) is 4.79 Å². The van der Waals surface area contributed by atoms with Crippen LogP contribution in [0.2, 0.25) is 0 Å². The Bertz CT molecular complexity index is 269. The molecule has 106 valence electrons. The molecular weight excluding hydrogens is 236 g/mol. The summed E-state index contributed by atoms with van der Waals surface area (Å²) in [5.41, 5.74) is 0. The first kappa shape index (κ1) is 16.7. The minimum Gasteiger partial charge on any atom is -0.480 e. The molecule has 0 unspecified atom stereocenters. The molecule has 0 bridgehead atoms. The van der Waals surface area contributed by atoms with E-state index >= 15 is 0 Å². The van der Waals surface area contributed by atoms with Gasteiger partial charge in [-0.2, -0.15) is 0 Å². The van der Waals surface area contributed by atoms with Crippen LogP contribution in [-0.4, -0.2) is 53.4 Å². The van der Waals surface area contributed by atoms with Gasteiger partial charge in [0.2, 0.25) is 0 Å². The third kappa shape index (κ3) is 6.44. The van der Waals surface area contributed by atoms with Crippen LogP contribution in [0.3, 0.4) is 0 Å². The number of unbranched alkanes of at least 4 members (excludes halogenated alkanes) is 2. The maximum absolute atomic E-state index is 11.7. The van der Waals surface area contributed by atoms with Crippen molar-refractivity contribution in [2.24, 2.45) is 5.92 Å². The lowest BCUT2D eigenvalue weighted by Gasteiger charge is -2.23. The Balaban J connectivity index is 4.09. The van der Waals surface area contributed by atoms with E-state index in [1.807, 2.05) is 0 Å². The van der Waals surface area contributed by atoms with E-state index < -0.39 is 12.0 Å². The summed E-state index contributed by atoms with van der Waals surface area (Å²) in [4.78, 5) is 24.1. The van der Waals surface area contributed by atoms with Crippen molar-refractivity contribution in [2.45, 2.75) is 39.2 Å². The molecule has 0 spiro atoms. The van der Waals surface area contributed by atoms with Crippen molar-refractivity contribution >= 4 is 12.0 Å². The summed E-state index contributed by atoms with van der Waals surface area (Å²) >= 11 is 0. The number of aliphatic carboxylic acids is 1. The number of aliphatic hydroxyl groups is 1. The highest BCUT2D eigenvalue weighted by Crippen LogP contribution is 2.03. The minimum absolute atomic E-state index is 0.157. The molecule has 0 heterocycles. The summed E-state index contributed by atoms with van der Waals surface area (Å²) in [5, 5.41) is 20.1. The monoisotopic (exact) mass is 260 g/mol. The van der Waals surface area contributed by atoms with E-state index in [0.29, 0.717) is 6.54 Å². The fourth-order valence-electron chi connectivity index (χ4n) is 1.50. The number of nitrogens with zero attached hydrogens (tertiary/aromatic N) is 1. The Morgan fingerprint density at radius 1 is 1.22 bits per heavy atom. The molecule has 0 aromatic heterocycles. The Kier molecular flexibility index (Phi) is 8.11. The third-order valence-electron chi connectivity index (χ3n) is 2.71. The van der Waals surface area contributed by atoms with Crippen LogP contribution in [0.5, 0.6) is 0 Å². The Morgan fingerprint density at radius 2 is 1.83 bits per heavy atom. The number of carboxylic acid groups (broad SMARTS) is 1. The van der Waals surface area contributed by atoms with E-state index in [2.05, 4.69) is 5.32 Å². The predicted molar refractivity (Wildman–Crippen MR) is 68.4 cm³/mol. The number of carbonyl (C=O) groups excluding carboxylic acids is 1. The molecule has 0 rings (SSSR count). The fraction of sp³-hybridized carbons (Fsp3) is 0.833. The molecule has 18 heavy (non-hydrogen) atoms. The summed E-state index contributed by atoms with van der Waals surface area (Å²) in [6.07, 6.45) is 2.36. The van der Waals surface area contributed by atoms with Crippen molar-refractivity contribution in [1.82, 2.24) is 10.2 Å². The second-order valence-corrected chi connectivity index (χ2v) is 4.72. The first-order valence-electron chi connectivity index (χ1n) is 6.25. The van der Waals surface area contributed by atoms with Crippen LogP contribution >= 0.6 is 0 Å². The van der Waals surface area contributed by atoms with Gasteiger partial charge < -0.3 is 20.4 Å². The lowest BCUT2D eigenvalue weighted by Crippen LogP contribution is -2.49. The van der Waals surface area contributed by atoms with E-state index in [9.17, 15) is 9.59 Å². The number of carboxylic acids is 1. The molecule has 1 atom stereocenters. The fourth-order valence-corrected chi connectivity index (χ4v) is 1.50. The highest BCUT2D eigenvalue weighted by Gasteiger charge is 2.24. The zero-order chi connectivity index (χ0) is 14.1. The number of amides is 2. The van der Waals surface area contributed by atoms with Crippen LogP contribution in [0, 0.1) is 5.92 Å². The van der Waals surface area contributed by atoms with Gasteiger partial charge in [-0.15, -0.1) is 0 Å². The number of aliphatic hydroxyl groups excluding tert-OH is 1. The average molecular weight is 260 g/mol. The van der Waals surface area contributed by atoms with E-state index in [0.717, 1.165) is 19.3 Å². The summed E-state index contributed by atoms with van der Waals surface area (Å²) < 4.78 is 0. The normalized spacial score (nSPS) is 12.3. The van der Waals surface area contributed by atoms with Crippen molar-refractivity contribution in [3.8, 4) is 0 Å². The summed E-state index contributed by atoms with van der Waals surface area (Å²) in [6, 6.07) is -1.24. The number of hydrogen-bond donors (Lipinski definition) is 3. The Hall–Kier alpha value is -1.30. The SMILES string of the molecule is CC(C)[C@H](NC(=O)N(C)CCCCCO)C(=O)O. The molecule has 0 fully saturated rings. The highest BCUT2D eigenvalue weighted by molar-refractivity contribution is 5.82. The number of rotatable bonds is 8. The third-order valence-corrected chi connectivity index (χ3v) is 2.71. The molecule has 0 aliphatic carbocycles. The Morgan fingerprint density at radius 3 is 2.28 bits per heavy atom. The van der Waals surface area contributed by atoms with Gasteiger partial charge in [-0.3, -0.25) is 0 Å². The molecule has 0 radical (unpaired) electrons. The Labute approximate surface area is 108 Å². The molecule has 0 saturated carbocycles. The van der Waals surface area contributed by atoms with E-state index in [4.69, 9.17) is 10.2 Å². The second kappa shape index (κ2) is 8.74. The minimum atomic E-state index is -1.02. The van der Waals surface area contributed by atoms with Crippen LogP contribution < -0.4 is 5.32 Å². The van der Waals surface area contributed by atoms with Crippen LogP contribution in [0.4, 0.5) is 4.79 Å². The maximum atomic E-state index is 11.7. The largest absolute Gasteiger partial charge is 0.480 e.